The van der Waals surface area contributed by atoms with E-state index in [1.807, 2.05) is 7.05 Å². The second-order valence-corrected chi connectivity index (χ2v) is 8.13. The van der Waals surface area contributed by atoms with Gasteiger partial charge < -0.3 is 47.9 Å². The number of rotatable bonds is 28. The van der Waals surface area contributed by atoms with Crippen molar-refractivity contribution < 1.29 is 69.4 Å². The van der Waals surface area contributed by atoms with Crippen molar-refractivity contribution in [2.75, 3.05) is 119 Å². The van der Waals surface area contributed by atoms with Crippen LogP contribution in [0.2, 0.25) is 0 Å². The van der Waals surface area contributed by atoms with Crippen molar-refractivity contribution in [1.29, 1.82) is 0 Å². The molecule has 0 saturated carbocycles. The Kier molecular flexibility index (Phi) is 23.1. The van der Waals surface area contributed by atoms with E-state index < -0.39 is 47.2 Å². The summed E-state index contributed by atoms with van der Waals surface area (Å²) >= 11 is 0. The summed E-state index contributed by atoms with van der Waals surface area (Å²) in [5.41, 5.74) is 0. The van der Waals surface area contributed by atoms with Crippen molar-refractivity contribution in [3.8, 4) is 5.75 Å². The molecule has 0 amide bonds. The topological polar surface area (TPSA) is 112 Å². The third-order valence-electron chi connectivity index (χ3n) is 4.94. The van der Waals surface area contributed by atoms with E-state index in [2.05, 4.69) is 10.1 Å². The van der Waals surface area contributed by atoms with E-state index in [4.69, 9.17) is 37.9 Å². The first-order valence-corrected chi connectivity index (χ1v) is 13.4. The van der Waals surface area contributed by atoms with Crippen molar-refractivity contribution in [2.45, 2.75) is 6.42 Å². The molecule has 0 aliphatic heterocycles. The number of hydrogen-bond donors (Lipinski definition) is 1. The van der Waals surface area contributed by atoms with E-state index in [1.165, 1.54) is 0 Å². The van der Waals surface area contributed by atoms with E-state index in [1.54, 1.807) is 0 Å². The molecule has 0 aromatic heterocycles. The summed E-state index contributed by atoms with van der Waals surface area (Å²) in [6.45, 7) is 6.72. The summed E-state index contributed by atoms with van der Waals surface area (Å²) < 4.78 is 113. The number of halogens is 5. The fourth-order valence-corrected chi connectivity index (χ4v) is 2.81. The van der Waals surface area contributed by atoms with Crippen molar-refractivity contribution in [3.63, 3.8) is 0 Å². The van der Waals surface area contributed by atoms with E-state index in [-0.39, 0.29) is 26.4 Å². The van der Waals surface area contributed by atoms with Gasteiger partial charge in [0.15, 0.2) is 0 Å². The highest BCUT2D eigenvalue weighted by Gasteiger charge is 2.28. The largest absolute Gasteiger partial charge is 0.420 e. The molecule has 0 aliphatic carbocycles. The lowest BCUT2D eigenvalue weighted by Crippen LogP contribution is -2.17. The molecule has 0 unspecified atom stereocenters. The van der Waals surface area contributed by atoms with Gasteiger partial charge in [-0.2, -0.15) is 8.78 Å². The average Bonchev–Trinajstić information content (AvgIpc) is 2.99. The molecule has 16 heteroatoms. The quantitative estimate of drug-likeness (QED) is 0.0371. The molecule has 0 radical (unpaired) electrons. The molecule has 0 atom stereocenters. The summed E-state index contributed by atoms with van der Waals surface area (Å²) in [4.78, 5) is 11.6. The Morgan fingerprint density at radius 2 is 0.762 bits per heavy atom. The van der Waals surface area contributed by atoms with Crippen LogP contribution in [0.4, 0.5) is 22.0 Å². The van der Waals surface area contributed by atoms with Gasteiger partial charge in [-0.15, -0.1) is 0 Å². The summed E-state index contributed by atoms with van der Waals surface area (Å²) in [6, 6.07) is 0. The standard InChI is InChI=1S/C26H40F5NO10/c1-32-3-5-35-7-9-37-11-13-39-15-17-41-19-18-40-16-14-38-12-10-36-8-6-34-4-2-20(33)42-26-24(30)22(28)21(27)23(29)25(26)31/h32H,2-19H2,1H3. The maximum absolute atomic E-state index is 13.5. The van der Waals surface area contributed by atoms with Gasteiger partial charge in [-0.25, -0.2) is 13.2 Å². The molecule has 1 aromatic rings. The summed E-state index contributed by atoms with van der Waals surface area (Å²) in [5, 5.41) is 2.99. The Bertz CT molecular complexity index is 827. The number of carbonyl (C=O) groups excluding carboxylic acids is 1. The Morgan fingerprint density at radius 3 is 1.10 bits per heavy atom. The van der Waals surface area contributed by atoms with Gasteiger partial charge in [0.1, 0.15) is 0 Å². The Labute approximate surface area is 241 Å². The van der Waals surface area contributed by atoms with Crippen LogP contribution in [-0.2, 0) is 42.7 Å². The zero-order valence-corrected chi connectivity index (χ0v) is 23.7. The third-order valence-corrected chi connectivity index (χ3v) is 4.94. The number of ether oxygens (including phenoxy) is 9. The molecule has 1 rings (SSSR count). The lowest BCUT2D eigenvalue weighted by atomic mass is 10.2. The predicted octanol–water partition coefficient (Wildman–Crippen LogP) is 2.03. The SMILES string of the molecule is CNCCOCCOCCOCCOCCOCCOCCOCCOCCC(=O)Oc1c(F)c(F)c(F)c(F)c1F. The van der Waals surface area contributed by atoms with E-state index >= 15 is 0 Å². The maximum atomic E-state index is 13.5. The molecule has 1 aromatic carbocycles. The van der Waals surface area contributed by atoms with Crippen LogP contribution in [0.5, 0.6) is 5.75 Å². The number of benzene rings is 1. The van der Waals surface area contributed by atoms with Crippen LogP contribution in [-0.4, -0.2) is 125 Å². The van der Waals surface area contributed by atoms with Gasteiger partial charge in [0.25, 0.3) is 0 Å². The van der Waals surface area contributed by atoms with E-state index in [0.717, 1.165) is 6.54 Å². The highest BCUT2D eigenvalue weighted by Crippen LogP contribution is 2.29. The van der Waals surface area contributed by atoms with E-state index in [9.17, 15) is 26.7 Å². The first kappa shape index (κ1) is 38.0. The molecular formula is C26H40F5NO10. The summed E-state index contributed by atoms with van der Waals surface area (Å²) in [7, 11) is 1.87. The molecule has 0 bridgehead atoms. The molecule has 42 heavy (non-hydrogen) atoms. The summed E-state index contributed by atoms with van der Waals surface area (Å²) in [5.74, 6) is -14.1. The van der Waals surface area contributed by atoms with Crippen LogP contribution >= 0.6 is 0 Å². The Morgan fingerprint density at radius 1 is 0.476 bits per heavy atom. The second-order valence-electron chi connectivity index (χ2n) is 8.13. The van der Waals surface area contributed by atoms with Gasteiger partial charge >= 0.3 is 5.97 Å². The van der Waals surface area contributed by atoms with E-state index in [0.29, 0.717) is 79.3 Å². The van der Waals surface area contributed by atoms with Crippen LogP contribution in [0.25, 0.3) is 0 Å². The molecule has 244 valence electrons. The molecule has 11 nitrogen and oxygen atoms in total. The zero-order valence-electron chi connectivity index (χ0n) is 23.7. The van der Waals surface area contributed by atoms with Crippen molar-refractivity contribution in [3.05, 3.63) is 29.1 Å². The number of likely N-dealkylation sites (N-methyl/N-ethyl adjacent to an activating group) is 1. The summed E-state index contributed by atoms with van der Waals surface area (Å²) in [6.07, 6.45) is -0.481. The molecule has 0 spiro atoms. The van der Waals surface area contributed by atoms with Crippen LogP contribution in [0.3, 0.4) is 0 Å². The van der Waals surface area contributed by atoms with Gasteiger partial charge in [0.2, 0.25) is 34.8 Å². The van der Waals surface area contributed by atoms with Gasteiger partial charge in [-0.1, -0.05) is 0 Å². The molecular weight excluding hydrogens is 581 g/mol. The van der Waals surface area contributed by atoms with Gasteiger partial charge in [0.05, 0.1) is 112 Å². The fraction of sp³-hybridized carbons (Fsp3) is 0.731. The third kappa shape index (κ3) is 17.8. The monoisotopic (exact) mass is 621 g/mol. The molecule has 0 aliphatic rings. The van der Waals surface area contributed by atoms with Gasteiger partial charge in [-0.05, 0) is 7.05 Å². The smallest absolute Gasteiger partial charge is 0.313 e. The predicted molar refractivity (Wildman–Crippen MR) is 137 cm³/mol. The number of esters is 1. The van der Waals surface area contributed by atoms with Crippen LogP contribution in [0.15, 0.2) is 0 Å². The molecule has 0 saturated heterocycles. The fourth-order valence-electron chi connectivity index (χ4n) is 2.81. The average molecular weight is 622 g/mol. The number of hydrogen-bond acceptors (Lipinski definition) is 11. The first-order valence-electron chi connectivity index (χ1n) is 13.4. The van der Waals surface area contributed by atoms with Gasteiger partial charge in [-0.3, -0.25) is 4.79 Å². The van der Waals surface area contributed by atoms with Gasteiger partial charge in [0, 0.05) is 6.54 Å². The van der Waals surface area contributed by atoms with Crippen LogP contribution in [0, 0.1) is 29.1 Å². The number of nitrogens with one attached hydrogen (secondary N) is 1. The molecule has 0 heterocycles. The minimum Gasteiger partial charge on any atom is -0.420 e. The van der Waals surface area contributed by atoms with Crippen molar-refractivity contribution in [2.24, 2.45) is 0 Å². The first-order chi connectivity index (χ1) is 20.4. The zero-order chi connectivity index (χ0) is 30.8. The highest BCUT2D eigenvalue weighted by atomic mass is 19.2. The van der Waals surface area contributed by atoms with Crippen molar-refractivity contribution in [1.82, 2.24) is 5.32 Å². The Balaban J connectivity index is 1.82. The molecule has 0 fully saturated rings. The maximum Gasteiger partial charge on any atom is 0.313 e. The molecule has 1 N–H and O–H groups in total. The van der Waals surface area contributed by atoms with Crippen LogP contribution < -0.4 is 10.1 Å². The highest BCUT2D eigenvalue weighted by molar-refractivity contribution is 5.72. The minimum absolute atomic E-state index is 0.0879. The van der Waals surface area contributed by atoms with Crippen LogP contribution in [0.1, 0.15) is 6.42 Å². The number of carbonyl (C=O) groups is 1. The lowest BCUT2D eigenvalue weighted by Gasteiger charge is -2.09. The Hall–Kier alpha value is -2.02. The van der Waals surface area contributed by atoms with Crippen molar-refractivity contribution >= 4 is 5.97 Å². The lowest BCUT2D eigenvalue weighted by molar-refractivity contribution is -0.136. The second kappa shape index (κ2) is 25.5. The normalized spacial score (nSPS) is 11.4. The minimum atomic E-state index is -2.35.